The van der Waals surface area contributed by atoms with Crippen LogP contribution in [-0.2, 0) is 4.74 Å². The Kier molecular flexibility index (Phi) is 8.90. The molecule has 6 nitrogen and oxygen atoms in total. The number of nitrogens with zero attached hydrogens (tertiary/aromatic N) is 1. The quantitative estimate of drug-likeness (QED) is 0.784. The lowest BCUT2D eigenvalue weighted by Gasteiger charge is -2.31. The average Bonchev–Trinajstić information content (AvgIpc) is 2.92. The van der Waals surface area contributed by atoms with Gasteiger partial charge in [-0.25, -0.2) is 4.79 Å². The van der Waals surface area contributed by atoms with E-state index in [1.165, 1.54) is 0 Å². The molecule has 2 rings (SSSR count). The summed E-state index contributed by atoms with van der Waals surface area (Å²) in [5, 5.41) is 3.31. The fourth-order valence-electron chi connectivity index (χ4n) is 2.39. The summed E-state index contributed by atoms with van der Waals surface area (Å²) in [6.07, 6.45) is 1.32. The molecule has 1 aromatic carbocycles. The summed E-state index contributed by atoms with van der Waals surface area (Å²) in [4.78, 5) is 14.3. The largest absolute Gasteiger partial charge is 0.444 e. The minimum absolute atomic E-state index is 0. The first-order valence-corrected chi connectivity index (χ1v) is 7.54. The van der Waals surface area contributed by atoms with Crippen LogP contribution in [0.25, 0.3) is 0 Å². The summed E-state index contributed by atoms with van der Waals surface area (Å²) in [6, 6.07) is 10.3. The SMILES string of the molecule is CC(C)(C)OC(=O)N(C[B]c1ccccc1)C1CCNC1.O.O. The summed E-state index contributed by atoms with van der Waals surface area (Å²) in [6.45, 7) is 7.49. The summed E-state index contributed by atoms with van der Waals surface area (Å²) in [5.74, 6) is 0. The van der Waals surface area contributed by atoms with Crippen LogP contribution in [-0.4, -0.2) is 60.4 Å². The smallest absolute Gasteiger partial charge is 0.409 e. The second-order valence-corrected chi connectivity index (χ2v) is 6.39. The van der Waals surface area contributed by atoms with Gasteiger partial charge in [0.1, 0.15) is 5.60 Å². The number of nitrogens with one attached hydrogen (secondary N) is 1. The lowest BCUT2D eigenvalue weighted by Crippen LogP contribution is -2.47. The Hall–Kier alpha value is -1.57. The van der Waals surface area contributed by atoms with E-state index >= 15 is 0 Å². The van der Waals surface area contributed by atoms with E-state index in [2.05, 4.69) is 12.6 Å². The second kappa shape index (κ2) is 9.55. The molecule has 1 radical (unpaired) electrons. The van der Waals surface area contributed by atoms with Crippen LogP contribution in [0.3, 0.4) is 0 Å². The number of amides is 1. The topological polar surface area (TPSA) is 105 Å². The molecule has 5 N–H and O–H groups in total. The predicted molar refractivity (Wildman–Crippen MR) is 93.3 cm³/mol. The highest BCUT2D eigenvalue weighted by Gasteiger charge is 2.29. The molecule has 0 spiro atoms. The van der Waals surface area contributed by atoms with Crippen LogP contribution in [0.4, 0.5) is 4.79 Å². The minimum atomic E-state index is -0.464. The molecular formula is C16H28BN2O4. The van der Waals surface area contributed by atoms with Crippen LogP contribution in [0, 0.1) is 0 Å². The Bertz CT molecular complexity index is 459. The molecule has 1 aliphatic heterocycles. The summed E-state index contributed by atoms with van der Waals surface area (Å²) in [7, 11) is 2.07. The van der Waals surface area contributed by atoms with E-state index in [-0.39, 0.29) is 23.1 Å². The van der Waals surface area contributed by atoms with Crippen LogP contribution in [0.2, 0.25) is 0 Å². The van der Waals surface area contributed by atoms with Crippen molar-refractivity contribution < 1.29 is 20.5 Å². The standard InChI is InChI=1S/C16H24BN2O2.2H2O/c1-16(2,3)21-15(20)19(14-9-10-18-11-14)12-17-13-7-5-4-6-8-13;;/h4-8,14,18H,9-12H2,1-3H3;2*1H2. The Labute approximate surface area is 139 Å². The average molecular weight is 323 g/mol. The summed E-state index contributed by atoms with van der Waals surface area (Å²) < 4.78 is 5.54. The Balaban J connectivity index is 0.00000242. The first-order chi connectivity index (χ1) is 9.96. The number of ether oxygens (including phenoxy) is 1. The molecule has 7 heteroatoms. The third-order valence-electron chi connectivity index (χ3n) is 3.43. The first kappa shape index (κ1) is 21.4. The van der Waals surface area contributed by atoms with Crippen molar-refractivity contribution in [2.75, 3.05) is 19.5 Å². The normalized spacial score (nSPS) is 16.7. The third kappa shape index (κ3) is 7.03. The third-order valence-corrected chi connectivity index (χ3v) is 3.43. The van der Waals surface area contributed by atoms with Crippen molar-refractivity contribution in [1.29, 1.82) is 0 Å². The number of carbonyl (C=O) groups is 1. The van der Waals surface area contributed by atoms with Crippen molar-refractivity contribution in [3.8, 4) is 0 Å². The van der Waals surface area contributed by atoms with Gasteiger partial charge in [0.2, 0.25) is 0 Å². The highest BCUT2D eigenvalue weighted by molar-refractivity contribution is 6.53. The van der Waals surface area contributed by atoms with Crippen molar-refractivity contribution in [1.82, 2.24) is 10.2 Å². The van der Waals surface area contributed by atoms with Crippen LogP contribution >= 0.6 is 0 Å². The second-order valence-electron chi connectivity index (χ2n) is 6.39. The molecule has 1 fully saturated rings. The summed E-state index contributed by atoms with van der Waals surface area (Å²) >= 11 is 0. The Morgan fingerprint density at radius 1 is 1.30 bits per heavy atom. The van der Waals surface area contributed by atoms with Gasteiger partial charge in [0.15, 0.2) is 7.28 Å². The molecule has 1 aliphatic rings. The van der Waals surface area contributed by atoms with E-state index in [4.69, 9.17) is 4.74 Å². The van der Waals surface area contributed by atoms with E-state index in [0.717, 1.165) is 25.0 Å². The highest BCUT2D eigenvalue weighted by atomic mass is 16.6. The molecule has 1 atom stereocenters. The van der Waals surface area contributed by atoms with Crippen molar-refractivity contribution in [3.05, 3.63) is 30.3 Å². The maximum absolute atomic E-state index is 12.4. The van der Waals surface area contributed by atoms with Crippen molar-refractivity contribution in [3.63, 3.8) is 0 Å². The molecule has 0 saturated carbocycles. The molecule has 0 aliphatic carbocycles. The molecular weight excluding hydrogens is 295 g/mol. The van der Waals surface area contributed by atoms with Crippen molar-refractivity contribution >= 4 is 18.8 Å². The van der Waals surface area contributed by atoms with E-state index in [1.54, 1.807) is 0 Å². The lowest BCUT2D eigenvalue weighted by atomic mass is 9.70. The van der Waals surface area contributed by atoms with Crippen LogP contribution in [0.5, 0.6) is 0 Å². The van der Waals surface area contributed by atoms with Gasteiger partial charge >= 0.3 is 6.09 Å². The van der Waals surface area contributed by atoms with Crippen molar-refractivity contribution in [2.24, 2.45) is 0 Å². The first-order valence-electron chi connectivity index (χ1n) is 7.54. The van der Waals surface area contributed by atoms with E-state index < -0.39 is 5.60 Å². The maximum Gasteiger partial charge on any atom is 0.409 e. The predicted octanol–water partition coefficient (Wildman–Crippen LogP) is -0.0768. The maximum atomic E-state index is 12.4. The fourth-order valence-corrected chi connectivity index (χ4v) is 2.39. The van der Waals surface area contributed by atoms with E-state index in [9.17, 15) is 4.79 Å². The van der Waals surface area contributed by atoms with Gasteiger partial charge in [-0.15, -0.1) is 0 Å². The van der Waals surface area contributed by atoms with Gasteiger partial charge < -0.3 is 25.9 Å². The van der Waals surface area contributed by atoms with Gasteiger partial charge in [-0.1, -0.05) is 35.8 Å². The minimum Gasteiger partial charge on any atom is -0.444 e. The fraction of sp³-hybridized carbons (Fsp3) is 0.562. The monoisotopic (exact) mass is 323 g/mol. The zero-order chi connectivity index (χ0) is 15.3. The number of rotatable bonds is 4. The van der Waals surface area contributed by atoms with E-state index in [1.807, 2.05) is 56.0 Å². The number of benzene rings is 1. The highest BCUT2D eigenvalue weighted by Crippen LogP contribution is 2.14. The van der Waals surface area contributed by atoms with Crippen LogP contribution in [0.1, 0.15) is 27.2 Å². The number of hydrogen-bond donors (Lipinski definition) is 1. The lowest BCUT2D eigenvalue weighted by molar-refractivity contribution is 0.0217. The van der Waals surface area contributed by atoms with Gasteiger partial charge in [-0.05, 0) is 40.2 Å². The molecule has 1 heterocycles. The molecule has 0 aromatic heterocycles. The van der Waals surface area contributed by atoms with Gasteiger partial charge in [0, 0.05) is 12.6 Å². The van der Waals surface area contributed by atoms with Crippen molar-refractivity contribution in [2.45, 2.75) is 38.8 Å². The molecule has 1 aromatic rings. The number of hydrogen-bond acceptors (Lipinski definition) is 3. The van der Waals surface area contributed by atoms with Gasteiger partial charge in [-0.2, -0.15) is 0 Å². The summed E-state index contributed by atoms with van der Waals surface area (Å²) in [5.41, 5.74) is 0.658. The Morgan fingerprint density at radius 2 is 1.96 bits per heavy atom. The molecule has 23 heavy (non-hydrogen) atoms. The van der Waals surface area contributed by atoms with Crippen LogP contribution in [0.15, 0.2) is 30.3 Å². The zero-order valence-electron chi connectivity index (χ0n) is 14.1. The molecule has 1 unspecified atom stereocenters. The van der Waals surface area contributed by atoms with Gasteiger partial charge in [0.25, 0.3) is 0 Å². The van der Waals surface area contributed by atoms with Gasteiger partial charge in [-0.3, -0.25) is 0 Å². The van der Waals surface area contributed by atoms with Crippen LogP contribution < -0.4 is 10.8 Å². The van der Waals surface area contributed by atoms with Gasteiger partial charge in [0.05, 0.1) is 0 Å². The zero-order valence-corrected chi connectivity index (χ0v) is 14.1. The number of carbonyl (C=O) groups excluding carboxylic acids is 1. The molecule has 1 amide bonds. The Morgan fingerprint density at radius 3 is 2.48 bits per heavy atom. The van der Waals surface area contributed by atoms with E-state index in [0.29, 0.717) is 6.44 Å². The molecule has 129 valence electrons. The molecule has 1 saturated heterocycles. The molecule has 0 bridgehead atoms.